The van der Waals surface area contributed by atoms with E-state index in [4.69, 9.17) is 42.5 Å². The molecule has 0 aliphatic carbocycles. The van der Waals surface area contributed by atoms with Gasteiger partial charge in [0.05, 0.1) is 0 Å². The van der Waals surface area contributed by atoms with Crippen LogP contribution in [0.15, 0.2) is 0 Å². The molecule has 58 valence electrons. The van der Waals surface area contributed by atoms with Crippen LogP contribution in [0.25, 0.3) is 0 Å². The molecule has 0 aromatic heterocycles. The summed E-state index contributed by atoms with van der Waals surface area (Å²) in [6.45, 7) is 0. The second kappa shape index (κ2) is 6.79. The van der Waals surface area contributed by atoms with Crippen LogP contribution in [0.2, 0.25) is 0 Å². The predicted molar refractivity (Wildman–Crippen MR) is 40.5 cm³/mol. The zero-order valence-electron chi connectivity index (χ0n) is 3.58. The van der Waals surface area contributed by atoms with Crippen molar-refractivity contribution in [2.75, 3.05) is 0 Å². The second-order valence-electron chi connectivity index (χ2n) is 0.576. The molecule has 0 amide bonds. The van der Waals surface area contributed by atoms with Crippen LogP contribution in [0.5, 0.6) is 0 Å². The molecule has 0 aliphatic heterocycles. The first-order chi connectivity index (χ1) is 3.73. The molecule has 0 N–H and O–H groups in total. The molecule has 0 heterocycles. The van der Waals surface area contributed by atoms with E-state index in [0.717, 1.165) is 0 Å². The Labute approximate surface area is 81.4 Å². The summed E-state index contributed by atoms with van der Waals surface area (Å²) in [6, 6.07) is 0. The number of carbonyl (C=O) groups excluding carboxylic acids is 1. The minimum absolute atomic E-state index is 0.889. The molecule has 0 bridgehead atoms. The van der Waals surface area contributed by atoms with Crippen LogP contribution in [0.3, 0.4) is 0 Å². The molecule has 0 aromatic rings. The summed E-state index contributed by atoms with van der Waals surface area (Å²) in [6.07, 6.45) is 0. The van der Waals surface area contributed by atoms with Crippen molar-refractivity contribution in [2.45, 2.75) is 0 Å². The van der Waals surface area contributed by atoms with Crippen molar-refractivity contribution < 1.29 is 16.7 Å². The van der Waals surface area contributed by atoms with Gasteiger partial charge >= 0.3 is 54.3 Å². The van der Waals surface area contributed by atoms with Gasteiger partial charge in [-0.05, 0) is 23.2 Å². The van der Waals surface area contributed by atoms with Crippen LogP contribution in [0, 0.1) is 0 Å². The Balaban J connectivity index is 0. The molecular formula is CCl6OW. The molecule has 1 nitrogen and oxygen atoms in total. The topological polar surface area (TPSA) is 17.1 Å². The van der Waals surface area contributed by atoms with Gasteiger partial charge in [0.1, 0.15) is 0 Å². The molecule has 9 heavy (non-hydrogen) atoms. The van der Waals surface area contributed by atoms with E-state index in [-0.39, 0.29) is 0 Å². The first-order valence-corrected chi connectivity index (χ1v) is 16.5. The van der Waals surface area contributed by atoms with Gasteiger partial charge in [0.25, 0.3) is 0 Å². The van der Waals surface area contributed by atoms with E-state index in [1.165, 1.54) is 0 Å². The number of halogens is 6. The molecule has 0 saturated carbocycles. The Bertz CT molecular complexity index is 75.5. The SMILES string of the molecule is O=C(Cl)Cl.[Cl][W]([Cl])([Cl])[Cl]. The number of carbonyl (C=O) groups is 1. The van der Waals surface area contributed by atoms with Gasteiger partial charge in [0.15, 0.2) is 0 Å². The van der Waals surface area contributed by atoms with Gasteiger partial charge in [0.2, 0.25) is 0 Å². The van der Waals surface area contributed by atoms with Crippen LogP contribution >= 0.6 is 60.9 Å². The molecule has 0 fully saturated rings. The third kappa shape index (κ3) is 150. The third-order valence-electron chi connectivity index (χ3n) is 0. The summed E-state index contributed by atoms with van der Waals surface area (Å²) in [7, 11) is 20.1. The summed E-state index contributed by atoms with van der Waals surface area (Å²) in [5, 5.41) is 0. The molecular weight excluding hydrogens is 425 g/mol. The van der Waals surface area contributed by atoms with Crippen LogP contribution in [0.1, 0.15) is 0 Å². The fourth-order valence-corrected chi connectivity index (χ4v) is 0. The second-order valence-corrected chi connectivity index (χ2v) is 26.9. The van der Waals surface area contributed by atoms with Crippen LogP contribution < -0.4 is 0 Å². The Morgan fingerprint density at radius 1 is 1.00 bits per heavy atom. The van der Waals surface area contributed by atoms with Crippen molar-refractivity contribution in [3.8, 4) is 0 Å². The fourth-order valence-electron chi connectivity index (χ4n) is 0. The molecule has 8 heteroatoms. The first-order valence-electron chi connectivity index (χ1n) is 1.20. The summed E-state index contributed by atoms with van der Waals surface area (Å²) >= 11 is 5.52. The molecule has 0 unspecified atom stereocenters. The van der Waals surface area contributed by atoms with E-state index >= 15 is 0 Å². The molecule has 0 aliphatic rings. The molecule has 0 spiro atoms. The van der Waals surface area contributed by atoms with Gasteiger partial charge in [0, 0.05) is 0 Å². The molecule has 0 rings (SSSR count). The van der Waals surface area contributed by atoms with Crippen LogP contribution in [0.4, 0.5) is 4.79 Å². The van der Waals surface area contributed by atoms with Crippen molar-refractivity contribution in [1.82, 2.24) is 0 Å². The summed E-state index contributed by atoms with van der Waals surface area (Å²) in [4.78, 5) is 8.98. The van der Waals surface area contributed by atoms with Crippen LogP contribution in [-0.4, -0.2) is 4.70 Å². The van der Waals surface area contributed by atoms with E-state index in [2.05, 4.69) is 23.2 Å². The van der Waals surface area contributed by atoms with Crippen molar-refractivity contribution in [2.24, 2.45) is 0 Å². The normalized spacial score (nSPS) is 11.3. The van der Waals surface area contributed by atoms with Crippen molar-refractivity contribution >= 4 is 65.6 Å². The Kier molecular flexibility index (Phi) is 10.3. The van der Waals surface area contributed by atoms with E-state index < -0.39 is 16.6 Å². The number of hydrogen-bond acceptors (Lipinski definition) is 1. The standard InChI is InChI=1S/CCl2O.4ClH.W/c2-1(3)4;;;;;/h;4*1H;/q;;;;;+4/p-4. The van der Waals surface area contributed by atoms with Gasteiger partial charge in [-0.2, -0.15) is 0 Å². The van der Waals surface area contributed by atoms with E-state index in [9.17, 15) is 0 Å². The van der Waals surface area contributed by atoms with Crippen molar-refractivity contribution in [3.63, 3.8) is 0 Å². The van der Waals surface area contributed by atoms with Gasteiger partial charge in [-0.3, -0.25) is 4.79 Å². The number of rotatable bonds is 0. The van der Waals surface area contributed by atoms with Gasteiger partial charge in [-0.25, -0.2) is 0 Å². The maximum atomic E-state index is 8.98. The Morgan fingerprint density at radius 2 is 1.00 bits per heavy atom. The average molecular weight is 425 g/mol. The van der Waals surface area contributed by atoms with Gasteiger partial charge in [-0.15, -0.1) is 0 Å². The summed E-state index contributed by atoms with van der Waals surface area (Å²) in [5.41, 5.74) is 0. The van der Waals surface area contributed by atoms with E-state index in [1.807, 2.05) is 0 Å². The zero-order chi connectivity index (χ0) is 8.08. The fraction of sp³-hybridized carbons (Fsp3) is 0. The zero-order valence-corrected chi connectivity index (χ0v) is 11.1. The van der Waals surface area contributed by atoms with Gasteiger partial charge < -0.3 is 0 Å². The van der Waals surface area contributed by atoms with Gasteiger partial charge in [-0.1, -0.05) is 0 Å². The summed E-state index contributed by atoms with van der Waals surface area (Å²) in [5.74, 6) is 0. The minimum atomic E-state index is -3.28. The first kappa shape index (κ1) is 13.7. The predicted octanol–water partition coefficient (Wildman–Crippen LogP) is 4.34. The summed E-state index contributed by atoms with van der Waals surface area (Å²) < 4.78 is -0.889. The maximum absolute atomic E-state index is 8.98. The molecule has 0 radical (unpaired) electrons. The third-order valence-corrected chi connectivity index (χ3v) is 0. The van der Waals surface area contributed by atoms with E-state index in [0.29, 0.717) is 0 Å². The number of hydrogen-bond donors (Lipinski definition) is 0. The average Bonchev–Trinajstić information content (AvgIpc) is 1.19. The van der Waals surface area contributed by atoms with Crippen LogP contribution in [-0.2, 0) is 11.9 Å². The quantitative estimate of drug-likeness (QED) is 0.529. The molecule has 0 atom stereocenters. The van der Waals surface area contributed by atoms with Crippen molar-refractivity contribution in [3.05, 3.63) is 0 Å². The monoisotopic (exact) mass is 422 g/mol. The Hall–Kier alpha value is 2.10. The van der Waals surface area contributed by atoms with E-state index in [1.54, 1.807) is 0 Å². The molecule has 0 saturated heterocycles. The Morgan fingerprint density at radius 3 is 1.00 bits per heavy atom. The van der Waals surface area contributed by atoms with Crippen molar-refractivity contribution in [1.29, 1.82) is 0 Å². The molecule has 0 aromatic carbocycles.